The van der Waals surface area contributed by atoms with Crippen molar-refractivity contribution >= 4 is 23.1 Å². The van der Waals surface area contributed by atoms with Crippen LogP contribution in [-0.4, -0.2) is 15.9 Å². The molecule has 2 N–H and O–H groups in total. The van der Waals surface area contributed by atoms with E-state index in [2.05, 4.69) is 20.6 Å². The Hall–Kier alpha value is -3.42. The fourth-order valence-electron chi connectivity index (χ4n) is 2.16. The number of benzene rings is 2. The Morgan fingerprint density at radius 1 is 0.885 bits per heavy atom. The van der Waals surface area contributed by atoms with Crippen LogP contribution in [0.25, 0.3) is 0 Å². The highest BCUT2D eigenvalue weighted by Gasteiger charge is 2.29. The number of rotatable bonds is 4. The third-order valence-corrected chi connectivity index (χ3v) is 3.42. The molecule has 0 aliphatic rings. The van der Waals surface area contributed by atoms with Crippen LogP contribution in [0, 0.1) is 0 Å². The van der Waals surface area contributed by atoms with Gasteiger partial charge in [0.2, 0.25) is 0 Å². The SMILES string of the molecule is O=C(Nc1ccccc1)c1cc(Nc2ccc(C(F)(F)F)cc2)ncn1. The number of para-hydroxylation sites is 1. The van der Waals surface area contributed by atoms with Gasteiger partial charge in [-0.05, 0) is 36.4 Å². The lowest BCUT2D eigenvalue weighted by atomic mass is 10.2. The van der Waals surface area contributed by atoms with Gasteiger partial charge < -0.3 is 10.6 Å². The number of nitrogens with zero attached hydrogens (tertiary/aromatic N) is 2. The van der Waals surface area contributed by atoms with Crippen molar-refractivity contribution in [1.29, 1.82) is 0 Å². The molecule has 0 aliphatic carbocycles. The van der Waals surface area contributed by atoms with Crippen LogP contribution in [0.4, 0.5) is 30.4 Å². The van der Waals surface area contributed by atoms with Crippen molar-refractivity contribution in [3.8, 4) is 0 Å². The maximum atomic E-state index is 12.6. The predicted molar refractivity (Wildman–Crippen MR) is 91.2 cm³/mol. The maximum absolute atomic E-state index is 12.6. The second-order valence-electron chi connectivity index (χ2n) is 5.31. The van der Waals surface area contributed by atoms with E-state index < -0.39 is 17.6 Å². The Bertz CT molecular complexity index is 896. The molecular weight excluding hydrogens is 345 g/mol. The third-order valence-electron chi connectivity index (χ3n) is 3.42. The summed E-state index contributed by atoms with van der Waals surface area (Å²) in [7, 11) is 0. The summed E-state index contributed by atoms with van der Waals surface area (Å²) < 4.78 is 37.7. The molecule has 0 radical (unpaired) electrons. The summed E-state index contributed by atoms with van der Waals surface area (Å²) in [6.45, 7) is 0. The summed E-state index contributed by atoms with van der Waals surface area (Å²) >= 11 is 0. The molecule has 132 valence electrons. The third kappa shape index (κ3) is 4.35. The van der Waals surface area contributed by atoms with Crippen LogP contribution in [0.15, 0.2) is 67.0 Å². The maximum Gasteiger partial charge on any atom is 0.416 e. The van der Waals surface area contributed by atoms with E-state index in [1.165, 1.54) is 24.5 Å². The molecule has 0 fully saturated rings. The predicted octanol–water partition coefficient (Wildman–Crippen LogP) is 4.49. The first-order chi connectivity index (χ1) is 12.4. The molecule has 2 aromatic carbocycles. The number of halogens is 3. The van der Waals surface area contributed by atoms with Gasteiger partial charge in [0.25, 0.3) is 5.91 Å². The van der Waals surface area contributed by atoms with E-state index in [0.29, 0.717) is 11.4 Å². The smallest absolute Gasteiger partial charge is 0.340 e. The van der Waals surface area contributed by atoms with Gasteiger partial charge in [-0.2, -0.15) is 13.2 Å². The molecule has 0 bridgehead atoms. The normalized spacial score (nSPS) is 11.0. The van der Waals surface area contributed by atoms with Crippen molar-refractivity contribution in [2.75, 3.05) is 10.6 Å². The van der Waals surface area contributed by atoms with Crippen LogP contribution in [0.1, 0.15) is 16.1 Å². The number of amides is 1. The highest BCUT2D eigenvalue weighted by molar-refractivity contribution is 6.03. The van der Waals surface area contributed by atoms with E-state index in [1.54, 1.807) is 24.3 Å². The molecule has 0 aliphatic heterocycles. The zero-order chi connectivity index (χ0) is 18.6. The molecule has 1 amide bonds. The second kappa shape index (κ2) is 7.22. The fraction of sp³-hybridized carbons (Fsp3) is 0.0556. The fourth-order valence-corrected chi connectivity index (χ4v) is 2.16. The first kappa shape index (κ1) is 17.4. The van der Waals surface area contributed by atoms with Gasteiger partial charge in [-0.25, -0.2) is 9.97 Å². The molecular formula is C18H13F3N4O. The summed E-state index contributed by atoms with van der Waals surface area (Å²) in [5, 5.41) is 5.53. The van der Waals surface area contributed by atoms with Crippen LogP contribution in [-0.2, 0) is 6.18 Å². The van der Waals surface area contributed by atoms with Crippen LogP contribution in [0.5, 0.6) is 0 Å². The average molecular weight is 358 g/mol. The Morgan fingerprint density at radius 2 is 1.58 bits per heavy atom. The summed E-state index contributed by atoms with van der Waals surface area (Å²) in [5.74, 6) is -0.132. The molecule has 1 heterocycles. The number of carbonyl (C=O) groups excluding carboxylic acids is 1. The zero-order valence-electron chi connectivity index (χ0n) is 13.3. The number of carbonyl (C=O) groups is 1. The van der Waals surface area contributed by atoms with Gasteiger partial charge in [0.1, 0.15) is 17.8 Å². The standard InChI is InChI=1S/C18H13F3N4O/c19-18(20,21)12-6-8-14(9-7-12)24-16-10-15(22-11-23-16)17(26)25-13-4-2-1-3-5-13/h1-11H,(H,25,26)(H,22,23,24). The molecule has 0 unspecified atom stereocenters. The van der Waals surface area contributed by atoms with Crippen LogP contribution >= 0.6 is 0 Å². The van der Waals surface area contributed by atoms with E-state index in [4.69, 9.17) is 0 Å². The molecule has 3 aromatic rings. The van der Waals surface area contributed by atoms with Crippen molar-refractivity contribution in [3.05, 3.63) is 78.2 Å². The number of aromatic nitrogens is 2. The van der Waals surface area contributed by atoms with E-state index in [9.17, 15) is 18.0 Å². The van der Waals surface area contributed by atoms with Gasteiger partial charge in [-0.1, -0.05) is 18.2 Å². The first-order valence-electron chi connectivity index (χ1n) is 7.54. The van der Waals surface area contributed by atoms with Gasteiger partial charge in [-0.15, -0.1) is 0 Å². The number of hydrogen-bond acceptors (Lipinski definition) is 4. The van der Waals surface area contributed by atoms with Gasteiger partial charge in [0.15, 0.2) is 0 Å². The molecule has 26 heavy (non-hydrogen) atoms. The Labute approximate surface area is 146 Å². The topological polar surface area (TPSA) is 66.9 Å². The lowest BCUT2D eigenvalue weighted by Crippen LogP contribution is -2.14. The molecule has 0 saturated carbocycles. The Kier molecular flexibility index (Phi) is 4.83. The van der Waals surface area contributed by atoms with Crippen molar-refractivity contribution < 1.29 is 18.0 Å². The van der Waals surface area contributed by atoms with Gasteiger partial charge in [0, 0.05) is 17.4 Å². The lowest BCUT2D eigenvalue weighted by Gasteiger charge is -2.10. The Morgan fingerprint density at radius 3 is 2.23 bits per heavy atom. The summed E-state index contributed by atoms with van der Waals surface area (Å²) in [6, 6.07) is 14.8. The van der Waals surface area contributed by atoms with Crippen LogP contribution in [0.2, 0.25) is 0 Å². The zero-order valence-corrected chi connectivity index (χ0v) is 13.3. The monoisotopic (exact) mass is 358 g/mol. The van der Waals surface area contributed by atoms with Crippen LogP contribution < -0.4 is 10.6 Å². The minimum atomic E-state index is -4.39. The molecule has 3 rings (SSSR count). The van der Waals surface area contributed by atoms with Gasteiger partial charge in [-0.3, -0.25) is 4.79 Å². The van der Waals surface area contributed by atoms with Crippen molar-refractivity contribution in [2.45, 2.75) is 6.18 Å². The molecule has 0 spiro atoms. The lowest BCUT2D eigenvalue weighted by molar-refractivity contribution is -0.137. The van der Waals surface area contributed by atoms with Crippen molar-refractivity contribution in [2.24, 2.45) is 0 Å². The van der Waals surface area contributed by atoms with Crippen molar-refractivity contribution in [3.63, 3.8) is 0 Å². The minimum Gasteiger partial charge on any atom is -0.340 e. The van der Waals surface area contributed by atoms with Crippen LogP contribution in [0.3, 0.4) is 0 Å². The number of alkyl halides is 3. The first-order valence-corrected chi connectivity index (χ1v) is 7.54. The number of nitrogens with one attached hydrogen (secondary N) is 2. The summed E-state index contributed by atoms with van der Waals surface area (Å²) in [6.07, 6.45) is -3.19. The number of hydrogen-bond donors (Lipinski definition) is 2. The molecule has 5 nitrogen and oxygen atoms in total. The summed E-state index contributed by atoms with van der Waals surface area (Å²) in [4.78, 5) is 20.1. The van der Waals surface area contributed by atoms with E-state index >= 15 is 0 Å². The largest absolute Gasteiger partial charge is 0.416 e. The quantitative estimate of drug-likeness (QED) is 0.721. The van der Waals surface area contributed by atoms with E-state index in [1.807, 2.05) is 6.07 Å². The van der Waals surface area contributed by atoms with E-state index in [0.717, 1.165) is 12.1 Å². The average Bonchev–Trinajstić information content (AvgIpc) is 2.62. The highest BCUT2D eigenvalue weighted by Crippen LogP contribution is 2.30. The van der Waals surface area contributed by atoms with Gasteiger partial charge in [0.05, 0.1) is 5.56 Å². The highest BCUT2D eigenvalue weighted by atomic mass is 19.4. The van der Waals surface area contributed by atoms with Gasteiger partial charge >= 0.3 is 6.18 Å². The molecule has 8 heteroatoms. The van der Waals surface area contributed by atoms with Crippen molar-refractivity contribution in [1.82, 2.24) is 9.97 Å². The molecule has 0 atom stereocenters. The van der Waals surface area contributed by atoms with E-state index in [-0.39, 0.29) is 11.5 Å². The molecule has 0 saturated heterocycles. The second-order valence-corrected chi connectivity index (χ2v) is 5.31. The Balaban J connectivity index is 1.72. The number of anilines is 3. The minimum absolute atomic E-state index is 0.123. The molecule has 1 aromatic heterocycles. The summed E-state index contributed by atoms with van der Waals surface area (Å²) in [5.41, 5.74) is 0.409.